The van der Waals surface area contributed by atoms with Gasteiger partial charge in [0, 0.05) is 6.61 Å². The number of hydrogen-bond acceptors (Lipinski definition) is 4. The molecule has 2 aromatic rings. The van der Waals surface area contributed by atoms with E-state index in [0.717, 1.165) is 43.6 Å². The van der Waals surface area contributed by atoms with Crippen molar-refractivity contribution in [2.45, 2.75) is 46.0 Å². The Balaban J connectivity index is 1.63. The molecule has 0 saturated heterocycles. The molecule has 0 radical (unpaired) electrons. The molecule has 2 rings (SSSR count). The van der Waals surface area contributed by atoms with Gasteiger partial charge in [0.05, 0.1) is 6.61 Å². The maximum atomic E-state index is 11.1. The summed E-state index contributed by atoms with van der Waals surface area (Å²) < 4.78 is 16.0. The molecular weight excluding hydrogens is 340 g/mol. The van der Waals surface area contributed by atoms with Gasteiger partial charge in [0.1, 0.15) is 18.1 Å². The Labute approximate surface area is 162 Å². The Kier molecular flexibility index (Phi) is 9.42. The number of ether oxygens (including phenoxy) is 3. The van der Waals surface area contributed by atoms with Crippen LogP contribution in [0, 0.1) is 0 Å². The first kappa shape index (κ1) is 21.0. The molecule has 27 heavy (non-hydrogen) atoms. The SMILES string of the molecule is CCOC(=O)COCCCCCc1ccc(Oc2cccc(CC)c2)cc1. The van der Waals surface area contributed by atoms with Gasteiger partial charge < -0.3 is 14.2 Å². The fraction of sp³-hybridized carbons (Fsp3) is 0.435. The fourth-order valence-corrected chi connectivity index (χ4v) is 2.76. The normalized spacial score (nSPS) is 10.6. The molecule has 146 valence electrons. The van der Waals surface area contributed by atoms with E-state index in [0.29, 0.717) is 13.2 Å². The van der Waals surface area contributed by atoms with E-state index in [2.05, 4.69) is 31.2 Å². The zero-order valence-corrected chi connectivity index (χ0v) is 16.4. The van der Waals surface area contributed by atoms with E-state index in [9.17, 15) is 4.79 Å². The minimum atomic E-state index is -0.291. The van der Waals surface area contributed by atoms with Gasteiger partial charge in [-0.2, -0.15) is 0 Å². The van der Waals surface area contributed by atoms with Gasteiger partial charge in [0.15, 0.2) is 0 Å². The summed E-state index contributed by atoms with van der Waals surface area (Å²) in [6, 6.07) is 16.5. The molecule has 0 saturated carbocycles. The first-order valence-electron chi connectivity index (χ1n) is 9.80. The van der Waals surface area contributed by atoms with Gasteiger partial charge in [0.2, 0.25) is 0 Å². The summed E-state index contributed by atoms with van der Waals surface area (Å²) in [7, 11) is 0. The number of carbonyl (C=O) groups excluding carboxylic acids is 1. The molecule has 0 spiro atoms. The largest absolute Gasteiger partial charge is 0.464 e. The molecule has 0 amide bonds. The van der Waals surface area contributed by atoms with Crippen molar-refractivity contribution in [3.63, 3.8) is 0 Å². The van der Waals surface area contributed by atoms with Crippen LogP contribution in [-0.4, -0.2) is 25.8 Å². The van der Waals surface area contributed by atoms with E-state index >= 15 is 0 Å². The van der Waals surface area contributed by atoms with Crippen molar-refractivity contribution < 1.29 is 19.0 Å². The third-order valence-corrected chi connectivity index (χ3v) is 4.25. The second kappa shape index (κ2) is 12.1. The lowest BCUT2D eigenvalue weighted by Gasteiger charge is -2.08. The van der Waals surface area contributed by atoms with E-state index < -0.39 is 0 Å². The van der Waals surface area contributed by atoms with Gasteiger partial charge in [-0.25, -0.2) is 4.79 Å². The predicted octanol–water partition coefficient (Wildman–Crippen LogP) is 5.33. The molecule has 0 unspecified atom stereocenters. The van der Waals surface area contributed by atoms with Crippen LogP contribution in [0.4, 0.5) is 0 Å². The van der Waals surface area contributed by atoms with Crippen molar-refractivity contribution in [1.29, 1.82) is 0 Å². The molecule has 0 atom stereocenters. The molecule has 0 aliphatic heterocycles. The van der Waals surface area contributed by atoms with Crippen LogP contribution in [0.15, 0.2) is 48.5 Å². The molecule has 4 nitrogen and oxygen atoms in total. The first-order chi connectivity index (χ1) is 13.2. The van der Waals surface area contributed by atoms with Crippen LogP contribution in [0.25, 0.3) is 0 Å². The molecule has 2 aromatic carbocycles. The number of rotatable bonds is 12. The molecule has 0 fully saturated rings. The van der Waals surface area contributed by atoms with Gasteiger partial charge in [-0.3, -0.25) is 0 Å². The Morgan fingerprint density at radius 2 is 1.70 bits per heavy atom. The Bertz CT molecular complexity index is 679. The molecule has 0 bridgehead atoms. The Morgan fingerprint density at radius 3 is 2.44 bits per heavy atom. The van der Waals surface area contributed by atoms with Crippen molar-refractivity contribution in [3.8, 4) is 11.5 Å². The minimum Gasteiger partial charge on any atom is -0.464 e. The monoisotopic (exact) mass is 370 g/mol. The highest BCUT2D eigenvalue weighted by Crippen LogP contribution is 2.23. The van der Waals surface area contributed by atoms with Gasteiger partial charge in [-0.05, 0) is 68.0 Å². The smallest absolute Gasteiger partial charge is 0.332 e. The summed E-state index contributed by atoms with van der Waals surface area (Å²) in [6.45, 7) is 4.98. The third-order valence-electron chi connectivity index (χ3n) is 4.25. The quantitative estimate of drug-likeness (QED) is 0.374. The zero-order valence-electron chi connectivity index (χ0n) is 16.4. The van der Waals surface area contributed by atoms with Crippen LogP contribution < -0.4 is 4.74 Å². The second-order valence-electron chi connectivity index (χ2n) is 6.42. The molecule has 4 heteroatoms. The topological polar surface area (TPSA) is 44.8 Å². The van der Waals surface area contributed by atoms with Gasteiger partial charge in [-0.1, -0.05) is 37.6 Å². The van der Waals surface area contributed by atoms with Crippen LogP contribution in [-0.2, 0) is 27.1 Å². The highest BCUT2D eigenvalue weighted by Gasteiger charge is 2.02. The molecule has 0 N–H and O–H groups in total. The van der Waals surface area contributed by atoms with E-state index in [1.165, 1.54) is 11.1 Å². The van der Waals surface area contributed by atoms with Crippen molar-refractivity contribution in [2.24, 2.45) is 0 Å². The van der Waals surface area contributed by atoms with Gasteiger partial charge in [0.25, 0.3) is 0 Å². The van der Waals surface area contributed by atoms with Crippen LogP contribution >= 0.6 is 0 Å². The Morgan fingerprint density at radius 1 is 0.889 bits per heavy atom. The van der Waals surface area contributed by atoms with Crippen LogP contribution in [0.3, 0.4) is 0 Å². The maximum absolute atomic E-state index is 11.1. The highest BCUT2D eigenvalue weighted by atomic mass is 16.6. The van der Waals surface area contributed by atoms with Gasteiger partial charge >= 0.3 is 5.97 Å². The zero-order chi connectivity index (χ0) is 19.3. The number of hydrogen-bond donors (Lipinski definition) is 0. The summed E-state index contributed by atoms with van der Waals surface area (Å²) in [5.74, 6) is 1.45. The van der Waals surface area contributed by atoms with Gasteiger partial charge in [-0.15, -0.1) is 0 Å². The molecular formula is C23H30O4. The first-order valence-corrected chi connectivity index (χ1v) is 9.80. The lowest BCUT2D eigenvalue weighted by Crippen LogP contribution is -2.12. The highest BCUT2D eigenvalue weighted by molar-refractivity contribution is 5.70. The van der Waals surface area contributed by atoms with Crippen molar-refractivity contribution in [1.82, 2.24) is 0 Å². The third kappa shape index (κ3) is 8.27. The summed E-state index contributed by atoms with van der Waals surface area (Å²) in [5.41, 5.74) is 2.58. The molecule has 0 aromatic heterocycles. The number of carbonyl (C=O) groups is 1. The summed E-state index contributed by atoms with van der Waals surface area (Å²) in [4.78, 5) is 11.1. The number of esters is 1. The predicted molar refractivity (Wildman–Crippen MR) is 107 cm³/mol. The van der Waals surface area contributed by atoms with E-state index in [-0.39, 0.29) is 12.6 Å². The number of benzene rings is 2. The standard InChI is InChI=1S/C23H30O4/c1-3-19-10-8-11-22(17-19)27-21-14-12-20(13-15-21)9-6-5-7-16-25-18-23(24)26-4-2/h8,10-15,17H,3-7,9,16,18H2,1-2H3. The van der Waals surface area contributed by atoms with Crippen LogP contribution in [0.2, 0.25) is 0 Å². The summed E-state index contributed by atoms with van der Waals surface area (Å²) in [6.07, 6.45) is 5.16. The van der Waals surface area contributed by atoms with Crippen molar-refractivity contribution in [3.05, 3.63) is 59.7 Å². The average Bonchev–Trinajstić information content (AvgIpc) is 2.69. The second-order valence-corrected chi connectivity index (χ2v) is 6.42. The van der Waals surface area contributed by atoms with Crippen LogP contribution in [0.1, 0.15) is 44.2 Å². The lowest BCUT2D eigenvalue weighted by molar-refractivity contribution is -0.148. The summed E-state index contributed by atoms with van der Waals surface area (Å²) >= 11 is 0. The maximum Gasteiger partial charge on any atom is 0.332 e. The average molecular weight is 370 g/mol. The molecule has 0 aliphatic rings. The molecule has 0 aliphatic carbocycles. The number of unbranched alkanes of at least 4 members (excludes halogenated alkanes) is 2. The van der Waals surface area contributed by atoms with Crippen LogP contribution in [0.5, 0.6) is 11.5 Å². The minimum absolute atomic E-state index is 0.0520. The number of aryl methyl sites for hydroxylation is 2. The van der Waals surface area contributed by atoms with E-state index in [1.807, 2.05) is 24.3 Å². The van der Waals surface area contributed by atoms with E-state index in [4.69, 9.17) is 14.2 Å². The summed E-state index contributed by atoms with van der Waals surface area (Å²) in [5, 5.41) is 0. The van der Waals surface area contributed by atoms with Crippen molar-refractivity contribution >= 4 is 5.97 Å². The van der Waals surface area contributed by atoms with Crippen molar-refractivity contribution in [2.75, 3.05) is 19.8 Å². The molecule has 0 heterocycles. The fourth-order valence-electron chi connectivity index (χ4n) is 2.76. The Hall–Kier alpha value is -2.33. The lowest BCUT2D eigenvalue weighted by atomic mass is 10.1. The van der Waals surface area contributed by atoms with E-state index in [1.54, 1.807) is 6.92 Å².